The predicted molar refractivity (Wildman–Crippen MR) is 126 cm³/mol. The molecule has 2 aromatic carbocycles. The molecule has 32 heavy (non-hydrogen) atoms. The summed E-state index contributed by atoms with van der Waals surface area (Å²) < 4.78 is 5.21. The van der Waals surface area contributed by atoms with Gasteiger partial charge >= 0.3 is 6.03 Å². The highest BCUT2D eigenvalue weighted by molar-refractivity contribution is 6.06. The molecule has 3 aromatic rings. The zero-order chi connectivity index (χ0) is 22.7. The molecule has 3 amide bonds. The van der Waals surface area contributed by atoms with Gasteiger partial charge in [-0.05, 0) is 60.2 Å². The van der Waals surface area contributed by atoms with Crippen LogP contribution in [0.1, 0.15) is 53.4 Å². The Labute approximate surface area is 188 Å². The van der Waals surface area contributed by atoms with Gasteiger partial charge in [0.15, 0.2) is 5.76 Å². The summed E-state index contributed by atoms with van der Waals surface area (Å²) in [4.78, 5) is 29.6. The number of urea groups is 1. The summed E-state index contributed by atoms with van der Waals surface area (Å²) in [6.07, 6.45) is 2.32. The van der Waals surface area contributed by atoms with Crippen LogP contribution in [0.25, 0.3) is 0 Å². The van der Waals surface area contributed by atoms with Gasteiger partial charge in [0.05, 0.1) is 17.6 Å². The maximum Gasteiger partial charge on any atom is 0.324 e. The van der Waals surface area contributed by atoms with Gasteiger partial charge in [0.1, 0.15) is 0 Å². The van der Waals surface area contributed by atoms with Gasteiger partial charge in [-0.3, -0.25) is 9.69 Å². The molecule has 2 heterocycles. The maximum atomic E-state index is 13.4. The number of hydrogen-bond donors (Lipinski definition) is 1. The fraction of sp³-hybridized carbons (Fsp3) is 0.308. The summed E-state index contributed by atoms with van der Waals surface area (Å²) in [5.41, 5.74) is 4.69. The molecule has 1 N–H and O–H groups in total. The molecule has 0 saturated carbocycles. The van der Waals surface area contributed by atoms with E-state index in [1.165, 1.54) is 11.8 Å². The molecule has 0 spiro atoms. The lowest BCUT2D eigenvalue weighted by atomic mass is 10.0. The standard InChI is InChI=1S/C26H29N3O3/c1-18(2)21-10-8-20(9-11-21)17-28-13-5-14-29(26(28)31)23-12-7-19(3)16-22(23)27-25(30)24-6-4-15-32-24/h4,6-12,15-16,18H,5,13-14,17H2,1-3H3,(H,27,30). The van der Waals surface area contributed by atoms with Crippen LogP contribution in [-0.2, 0) is 6.54 Å². The van der Waals surface area contributed by atoms with Crippen LogP contribution < -0.4 is 10.2 Å². The zero-order valence-corrected chi connectivity index (χ0v) is 18.8. The number of furan rings is 1. The van der Waals surface area contributed by atoms with E-state index in [0.29, 0.717) is 36.9 Å². The number of benzene rings is 2. The highest BCUT2D eigenvalue weighted by Crippen LogP contribution is 2.31. The van der Waals surface area contributed by atoms with Crippen molar-refractivity contribution >= 4 is 23.3 Å². The third-order valence-electron chi connectivity index (χ3n) is 5.77. The van der Waals surface area contributed by atoms with Crippen LogP contribution in [0.3, 0.4) is 0 Å². The van der Waals surface area contributed by atoms with Gasteiger partial charge in [-0.2, -0.15) is 0 Å². The Kier molecular flexibility index (Phi) is 6.30. The number of nitrogens with zero attached hydrogens (tertiary/aromatic N) is 2. The van der Waals surface area contributed by atoms with Crippen molar-refractivity contribution in [2.45, 2.75) is 39.7 Å². The molecular weight excluding hydrogens is 402 g/mol. The van der Waals surface area contributed by atoms with Crippen molar-refractivity contribution in [3.63, 3.8) is 0 Å². The average molecular weight is 432 g/mol. The van der Waals surface area contributed by atoms with Crippen molar-refractivity contribution in [2.24, 2.45) is 0 Å². The number of nitrogens with one attached hydrogen (secondary N) is 1. The first kappa shape index (κ1) is 21.7. The smallest absolute Gasteiger partial charge is 0.324 e. The third-order valence-corrected chi connectivity index (χ3v) is 5.77. The van der Waals surface area contributed by atoms with Crippen LogP contribution in [0.2, 0.25) is 0 Å². The first-order chi connectivity index (χ1) is 15.4. The maximum absolute atomic E-state index is 13.4. The lowest BCUT2D eigenvalue weighted by Crippen LogP contribution is -2.49. The van der Waals surface area contributed by atoms with E-state index in [1.807, 2.05) is 30.0 Å². The Morgan fingerprint density at radius 2 is 1.88 bits per heavy atom. The molecule has 6 heteroatoms. The molecule has 0 unspecified atom stereocenters. The molecule has 1 aliphatic rings. The van der Waals surface area contributed by atoms with Gasteiger partial charge in [0.2, 0.25) is 0 Å². The minimum atomic E-state index is -0.339. The summed E-state index contributed by atoms with van der Waals surface area (Å²) in [7, 11) is 0. The van der Waals surface area contributed by atoms with Crippen molar-refractivity contribution in [2.75, 3.05) is 23.3 Å². The molecule has 0 atom stereocenters. The van der Waals surface area contributed by atoms with Crippen LogP contribution in [0.15, 0.2) is 65.3 Å². The van der Waals surface area contributed by atoms with E-state index in [9.17, 15) is 9.59 Å². The van der Waals surface area contributed by atoms with Crippen molar-refractivity contribution < 1.29 is 14.0 Å². The quantitative estimate of drug-likeness (QED) is 0.537. The topological polar surface area (TPSA) is 65.8 Å². The van der Waals surface area contributed by atoms with Crippen molar-refractivity contribution in [1.29, 1.82) is 0 Å². The number of aryl methyl sites for hydroxylation is 1. The van der Waals surface area contributed by atoms with E-state index >= 15 is 0 Å². The van der Waals surface area contributed by atoms with E-state index in [0.717, 1.165) is 17.5 Å². The first-order valence-electron chi connectivity index (χ1n) is 11.0. The van der Waals surface area contributed by atoms with Gasteiger partial charge in [-0.15, -0.1) is 0 Å². The summed E-state index contributed by atoms with van der Waals surface area (Å²) >= 11 is 0. The van der Waals surface area contributed by atoms with Gasteiger partial charge in [-0.25, -0.2) is 4.79 Å². The Hall–Kier alpha value is -3.54. The summed E-state index contributed by atoms with van der Waals surface area (Å²) in [6.45, 7) is 8.18. The number of hydrogen-bond acceptors (Lipinski definition) is 3. The SMILES string of the molecule is Cc1ccc(N2CCCN(Cc3ccc(C(C)C)cc3)C2=O)c(NC(=O)c2ccco2)c1. The predicted octanol–water partition coefficient (Wildman–Crippen LogP) is 5.80. The molecule has 0 radical (unpaired) electrons. The molecular formula is C26H29N3O3. The van der Waals surface area contributed by atoms with E-state index in [4.69, 9.17) is 4.42 Å². The molecule has 6 nitrogen and oxygen atoms in total. The minimum absolute atomic E-state index is 0.0541. The van der Waals surface area contributed by atoms with E-state index < -0.39 is 0 Å². The lowest BCUT2D eigenvalue weighted by molar-refractivity contribution is 0.0996. The van der Waals surface area contributed by atoms with Gasteiger partial charge < -0.3 is 14.6 Å². The molecule has 166 valence electrons. The zero-order valence-electron chi connectivity index (χ0n) is 18.8. The Bertz CT molecular complexity index is 1090. The van der Waals surface area contributed by atoms with E-state index in [1.54, 1.807) is 17.0 Å². The van der Waals surface area contributed by atoms with Gasteiger partial charge in [0.25, 0.3) is 5.91 Å². The molecule has 4 rings (SSSR count). The molecule has 1 fully saturated rings. The molecule has 0 bridgehead atoms. The number of rotatable bonds is 6. The van der Waals surface area contributed by atoms with Crippen LogP contribution in [0.4, 0.5) is 16.2 Å². The van der Waals surface area contributed by atoms with Crippen LogP contribution in [0, 0.1) is 6.92 Å². The number of carbonyl (C=O) groups excluding carboxylic acids is 2. The fourth-order valence-electron chi connectivity index (χ4n) is 3.96. The van der Waals surface area contributed by atoms with Crippen molar-refractivity contribution in [3.8, 4) is 0 Å². The summed E-state index contributed by atoms with van der Waals surface area (Å²) in [5.74, 6) is 0.370. The molecule has 1 aromatic heterocycles. The monoisotopic (exact) mass is 431 g/mol. The second kappa shape index (κ2) is 9.30. The second-order valence-electron chi connectivity index (χ2n) is 8.56. The highest BCUT2D eigenvalue weighted by Gasteiger charge is 2.29. The molecule has 0 aliphatic carbocycles. The Morgan fingerprint density at radius 3 is 2.56 bits per heavy atom. The largest absolute Gasteiger partial charge is 0.459 e. The summed E-state index contributed by atoms with van der Waals surface area (Å²) in [6, 6.07) is 17.4. The molecule has 1 aliphatic heterocycles. The lowest BCUT2D eigenvalue weighted by Gasteiger charge is -2.36. The van der Waals surface area contributed by atoms with Crippen molar-refractivity contribution in [1.82, 2.24) is 4.90 Å². The molecule has 1 saturated heterocycles. The van der Waals surface area contributed by atoms with Gasteiger partial charge in [0, 0.05) is 19.6 Å². The number of amides is 3. The van der Waals surface area contributed by atoms with E-state index in [2.05, 4.69) is 43.4 Å². The van der Waals surface area contributed by atoms with E-state index in [-0.39, 0.29) is 17.7 Å². The highest BCUT2D eigenvalue weighted by atomic mass is 16.3. The average Bonchev–Trinajstić information content (AvgIpc) is 3.31. The normalized spacial score (nSPS) is 14.2. The van der Waals surface area contributed by atoms with Gasteiger partial charge in [-0.1, -0.05) is 44.2 Å². The third kappa shape index (κ3) is 4.69. The Morgan fingerprint density at radius 1 is 1.09 bits per heavy atom. The minimum Gasteiger partial charge on any atom is -0.459 e. The summed E-state index contributed by atoms with van der Waals surface area (Å²) in [5, 5.41) is 2.91. The van der Waals surface area contributed by atoms with Crippen LogP contribution >= 0.6 is 0 Å². The number of carbonyl (C=O) groups is 2. The van der Waals surface area contributed by atoms with Crippen LogP contribution in [-0.4, -0.2) is 29.9 Å². The second-order valence-corrected chi connectivity index (χ2v) is 8.56. The Balaban J connectivity index is 1.54. The van der Waals surface area contributed by atoms with Crippen LogP contribution in [0.5, 0.6) is 0 Å². The fourth-order valence-corrected chi connectivity index (χ4v) is 3.96. The van der Waals surface area contributed by atoms with Crippen molar-refractivity contribution in [3.05, 3.63) is 83.3 Å². The number of anilines is 2. The first-order valence-corrected chi connectivity index (χ1v) is 11.0.